The number of carbonyl (C=O) groups is 2. The van der Waals surface area contributed by atoms with Crippen LogP contribution in [0.25, 0.3) is 0 Å². The van der Waals surface area contributed by atoms with Crippen LogP contribution in [0.4, 0.5) is 5.69 Å². The lowest BCUT2D eigenvalue weighted by atomic mass is 10.1. The first-order chi connectivity index (χ1) is 8.63. The zero-order valence-corrected chi connectivity index (χ0v) is 10.3. The Morgan fingerprint density at radius 3 is 2.50 bits per heavy atom. The van der Waals surface area contributed by atoms with E-state index >= 15 is 0 Å². The fraction of sp³-hybridized carbons (Fsp3) is 0.385. The zero-order valence-electron chi connectivity index (χ0n) is 10.3. The van der Waals surface area contributed by atoms with Crippen LogP contribution in [-0.2, 0) is 9.59 Å². The van der Waals surface area contributed by atoms with E-state index in [0.717, 1.165) is 5.69 Å². The number of hydrogen-bond donors (Lipinski definition) is 3. The van der Waals surface area contributed by atoms with Gasteiger partial charge in [0.15, 0.2) is 0 Å². The van der Waals surface area contributed by atoms with E-state index in [1.54, 1.807) is 0 Å². The van der Waals surface area contributed by atoms with Gasteiger partial charge in [-0.05, 0) is 18.6 Å². The van der Waals surface area contributed by atoms with E-state index in [1.807, 2.05) is 37.3 Å². The van der Waals surface area contributed by atoms with E-state index in [9.17, 15) is 9.59 Å². The van der Waals surface area contributed by atoms with Crippen molar-refractivity contribution in [2.75, 3.05) is 11.9 Å². The van der Waals surface area contributed by atoms with Gasteiger partial charge in [-0.25, -0.2) is 4.79 Å². The molecule has 0 radical (unpaired) electrons. The van der Waals surface area contributed by atoms with Crippen LogP contribution in [0.2, 0.25) is 0 Å². The summed E-state index contributed by atoms with van der Waals surface area (Å²) in [6, 6.07) is 8.48. The normalized spacial score (nSPS) is 11.6. The molecule has 0 aliphatic heterocycles. The Bertz CT molecular complexity index is 392. The summed E-state index contributed by atoms with van der Waals surface area (Å²) in [4.78, 5) is 22.4. The summed E-state index contributed by atoms with van der Waals surface area (Å²) >= 11 is 0. The van der Waals surface area contributed by atoms with Gasteiger partial charge in [0, 0.05) is 5.69 Å². The molecule has 0 spiro atoms. The monoisotopic (exact) mass is 250 g/mol. The number of benzene rings is 1. The minimum absolute atomic E-state index is 0.0670. The predicted molar refractivity (Wildman–Crippen MR) is 69.4 cm³/mol. The average Bonchev–Trinajstić information content (AvgIpc) is 2.37. The summed E-state index contributed by atoms with van der Waals surface area (Å²) in [5.41, 5.74) is 0.829. The molecule has 1 aromatic rings. The predicted octanol–water partition coefficient (Wildman–Crippen LogP) is 1.47. The third kappa shape index (κ3) is 4.86. The molecule has 18 heavy (non-hydrogen) atoms. The van der Waals surface area contributed by atoms with Gasteiger partial charge in [-0.2, -0.15) is 0 Å². The second kappa shape index (κ2) is 7.32. The Labute approximate surface area is 106 Å². The fourth-order valence-corrected chi connectivity index (χ4v) is 1.53. The van der Waals surface area contributed by atoms with Crippen LogP contribution in [0.5, 0.6) is 0 Å². The maximum atomic E-state index is 11.6. The van der Waals surface area contributed by atoms with Crippen molar-refractivity contribution in [3.8, 4) is 0 Å². The Kier molecular flexibility index (Phi) is 5.70. The van der Waals surface area contributed by atoms with Gasteiger partial charge in [0.1, 0.15) is 6.04 Å². The largest absolute Gasteiger partial charge is 0.480 e. The lowest BCUT2D eigenvalue weighted by Gasteiger charge is -2.14. The molecule has 0 aliphatic rings. The van der Waals surface area contributed by atoms with E-state index in [2.05, 4.69) is 10.6 Å². The quantitative estimate of drug-likeness (QED) is 0.684. The number of amides is 1. The SMILES string of the molecule is CCCC(NC(=O)CNc1ccccc1)C(=O)O. The van der Waals surface area contributed by atoms with Crippen LogP contribution in [0.3, 0.4) is 0 Å². The van der Waals surface area contributed by atoms with Gasteiger partial charge in [0.05, 0.1) is 6.54 Å². The Hall–Kier alpha value is -2.04. The minimum Gasteiger partial charge on any atom is -0.480 e. The van der Waals surface area contributed by atoms with Crippen molar-refractivity contribution in [2.24, 2.45) is 0 Å². The van der Waals surface area contributed by atoms with E-state index in [-0.39, 0.29) is 12.5 Å². The third-order valence-corrected chi connectivity index (χ3v) is 2.44. The molecule has 1 unspecified atom stereocenters. The van der Waals surface area contributed by atoms with Crippen LogP contribution in [-0.4, -0.2) is 29.6 Å². The molecule has 0 heterocycles. The number of rotatable bonds is 7. The first-order valence-corrected chi connectivity index (χ1v) is 5.94. The van der Waals surface area contributed by atoms with Gasteiger partial charge in [-0.15, -0.1) is 0 Å². The second-order valence-electron chi connectivity index (χ2n) is 3.97. The molecule has 0 saturated heterocycles. The van der Waals surface area contributed by atoms with Crippen molar-refractivity contribution >= 4 is 17.6 Å². The molecule has 1 rings (SSSR count). The number of carboxylic acids is 1. The molecule has 0 fully saturated rings. The van der Waals surface area contributed by atoms with Crippen molar-refractivity contribution < 1.29 is 14.7 Å². The van der Waals surface area contributed by atoms with Crippen LogP contribution < -0.4 is 10.6 Å². The molecular formula is C13H18N2O3. The van der Waals surface area contributed by atoms with Gasteiger partial charge in [0.25, 0.3) is 0 Å². The van der Waals surface area contributed by atoms with Crippen LogP contribution in [0.1, 0.15) is 19.8 Å². The van der Waals surface area contributed by atoms with Gasteiger partial charge >= 0.3 is 5.97 Å². The molecule has 5 nitrogen and oxygen atoms in total. The molecular weight excluding hydrogens is 232 g/mol. The average molecular weight is 250 g/mol. The first-order valence-electron chi connectivity index (χ1n) is 5.94. The standard InChI is InChI=1S/C13H18N2O3/c1-2-6-11(13(17)18)15-12(16)9-14-10-7-4-3-5-8-10/h3-5,7-8,11,14H,2,6,9H2,1H3,(H,15,16)(H,17,18). The second-order valence-corrected chi connectivity index (χ2v) is 3.97. The number of anilines is 1. The Morgan fingerprint density at radius 2 is 1.94 bits per heavy atom. The van der Waals surface area contributed by atoms with Gasteiger partial charge in [0.2, 0.25) is 5.91 Å². The van der Waals surface area contributed by atoms with Crippen LogP contribution in [0, 0.1) is 0 Å². The van der Waals surface area contributed by atoms with E-state index in [4.69, 9.17) is 5.11 Å². The number of aliphatic carboxylic acids is 1. The molecule has 5 heteroatoms. The van der Waals surface area contributed by atoms with E-state index < -0.39 is 12.0 Å². The van der Waals surface area contributed by atoms with Gasteiger partial charge < -0.3 is 15.7 Å². The van der Waals surface area contributed by atoms with Gasteiger partial charge in [-0.1, -0.05) is 31.5 Å². The van der Waals surface area contributed by atoms with Crippen molar-refractivity contribution in [1.29, 1.82) is 0 Å². The number of carboxylic acid groups (broad SMARTS) is 1. The van der Waals surface area contributed by atoms with E-state index in [1.165, 1.54) is 0 Å². The fourth-order valence-electron chi connectivity index (χ4n) is 1.53. The highest BCUT2D eigenvalue weighted by atomic mass is 16.4. The molecule has 1 aromatic carbocycles. The molecule has 1 atom stereocenters. The third-order valence-electron chi connectivity index (χ3n) is 2.44. The first kappa shape index (κ1) is 14.0. The summed E-state index contributed by atoms with van der Waals surface area (Å²) in [5.74, 6) is -1.32. The lowest BCUT2D eigenvalue weighted by molar-refractivity contribution is -0.141. The molecule has 3 N–H and O–H groups in total. The molecule has 1 amide bonds. The highest BCUT2D eigenvalue weighted by molar-refractivity contribution is 5.86. The topological polar surface area (TPSA) is 78.4 Å². The highest BCUT2D eigenvalue weighted by Crippen LogP contribution is 2.04. The number of hydrogen-bond acceptors (Lipinski definition) is 3. The summed E-state index contributed by atoms with van der Waals surface area (Å²) < 4.78 is 0. The highest BCUT2D eigenvalue weighted by Gasteiger charge is 2.18. The minimum atomic E-state index is -0.995. The summed E-state index contributed by atoms with van der Waals surface area (Å²) in [7, 11) is 0. The van der Waals surface area contributed by atoms with E-state index in [0.29, 0.717) is 12.8 Å². The van der Waals surface area contributed by atoms with Gasteiger partial charge in [-0.3, -0.25) is 4.79 Å². The number of para-hydroxylation sites is 1. The zero-order chi connectivity index (χ0) is 13.4. The maximum Gasteiger partial charge on any atom is 0.326 e. The van der Waals surface area contributed by atoms with Crippen molar-refractivity contribution in [3.63, 3.8) is 0 Å². The Balaban J connectivity index is 2.39. The van der Waals surface area contributed by atoms with Crippen molar-refractivity contribution in [3.05, 3.63) is 30.3 Å². The smallest absolute Gasteiger partial charge is 0.326 e. The lowest BCUT2D eigenvalue weighted by Crippen LogP contribution is -2.43. The number of carbonyl (C=O) groups excluding carboxylic acids is 1. The molecule has 0 aliphatic carbocycles. The molecule has 98 valence electrons. The van der Waals surface area contributed by atoms with Crippen molar-refractivity contribution in [1.82, 2.24) is 5.32 Å². The number of nitrogens with one attached hydrogen (secondary N) is 2. The summed E-state index contributed by atoms with van der Waals surface area (Å²) in [6.45, 7) is 1.95. The summed E-state index contributed by atoms with van der Waals surface area (Å²) in [5, 5.41) is 14.3. The summed E-state index contributed by atoms with van der Waals surface area (Å²) in [6.07, 6.45) is 1.15. The van der Waals surface area contributed by atoms with Crippen LogP contribution in [0.15, 0.2) is 30.3 Å². The molecule has 0 saturated carbocycles. The van der Waals surface area contributed by atoms with Crippen LogP contribution >= 0.6 is 0 Å². The van der Waals surface area contributed by atoms with Crippen molar-refractivity contribution in [2.45, 2.75) is 25.8 Å². The molecule has 0 aromatic heterocycles. The maximum absolute atomic E-state index is 11.6. The molecule has 0 bridgehead atoms. The Morgan fingerprint density at radius 1 is 1.28 bits per heavy atom.